The zero-order valence-corrected chi connectivity index (χ0v) is 12.3. The molecule has 1 aromatic carbocycles. The zero-order valence-electron chi connectivity index (χ0n) is 11.5. The van der Waals surface area contributed by atoms with E-state index in [9.17, 15) is 0 Å². The van der Waals surface area contributed by atoms with Gasteiger partial charge in [-0.1, -0.05) is 17.3 Å². The van der Waals surface area contributed by atoms with Crippen LogP contribution in [0.3, 0.4) is 0 Å². The van der Waals surface area contributed by atoms with Gasteiger partial charge in [-0.3, -0.25) is 0 Å². The highest BCUT2D eigenvalue weighted by molar-refractivity contribution is 5.87. The van der Waals surface area contributed by atoms with Gasteiger partial charge >= 0.3 is 0 Å². The Morgan fingerprint density at radius 1 is 1.24 bits per heavy atom. The molecule has 0 fully saturated rings. The smallest absolute Gasteiger partial charge is 0.166 e. The van der Waals surface area contributed by atoms with Crippen molar-refractivity contribution in [1.29, 1.82) is 0 Å². The Morgan fingerprint density at radius 3 is 2.71 bits per heavy atom. The van der Waals surface area contributed by atoms with Crippen molar-refractivity contribution in [2.45, 2.75) is 12.5 Å². The molecule has 0 aliphatic carbocycles. The van der Waals surface area contributed by atoms with Crippen LogP contribution < -0.4 is 10.5 Å². The maximum absolute atomic E-state index is 5.88. The molecule has 0 radical (unpaired) electrons. The molecule has 6 heteroatoms. The molecular weight excluding hydrogens is 290 g/mol. The molecule has 1 atom stereocenters. The van der Waals surface area contributed by atoms with E-state index >= 15 is 0 Å². The number of benzene rings is 1. The van der Waals surface area contributed by atoms with E-state index in [0.717, 1.165) is 23.6 Å². The molecule has 2 N–H and O–H groups in total. The standard InChI is InChI=1S/C15H17N3O2.ClH/c16-10-12-9-13(20-17-12)11-19-15-6-2-1-5-14(15)18-7-3-4-8-18;/h1-8,13H,9-11,16H2;1H. The van der Waals surface area contributed by atoms with Gasteiger partial charge in [0.1, 0.15) is 12.4 Å². The van der Waals surface area contributed by atoms with Gasteiger partial charge in [0.15, 0.2) is 6.10 Å². The van der Waals surface area contributed by atoms with Crippen molar-refractivity contribution in [2.24, 2.45) is 10.9 Å². The number of oxime groups is 1. The molecule has 2 heterocycles. The van der Waals surface area contributed by atoms with E-state index in [1.54, 1.807) is 0 Å². The summed E-state index contributed by atoms with van der Waals surface area (Å²) in [6.07, 6.45) is 4.67. The molecule has 1 aliphatic heterocycles. The number of nitrogens with zero attached hydrogens (tertiary/aromatic N) is 2. The van der Waals surface area contributed by atoms with Gasteiger partial charge in [0, 0.05) is 25.4 Å². The van der Waals surface area contributed by atoms with Crippen LogP contribution in [0.5, 0.6) is 5.75 Å². The Balaban J connectivity index is 0.00000161. The Hall–Kier alpha value is -1.98. The topological polar surface area (TPSA) is 61.8 Å². The van der Waals surface area contributed by atoms with Crippen LogP contribution in [0.1, 0.15) is 6.42 Å². The quantitative estimate of drug-likeness (QED) is 0.922. The van der Waals surface area contributed by atoms with Gasteiger partial charge in [0.2, 0.25) is 0 Å². The zero-order chi connectivity index (χ0) is 13.8. The summed E-state index contributed by atoms with van der Waals surface area (Å²) in [6.45, 7) is 0.905. The first-order valence-electron chi connectivity index (χ1n) is 6.63. The van der Waals surface area contributed by atoms with Crippen LogP contribution in [0.4, 0.5) is 0 Å². The van der Waals surface area contributed by atoms with Crippen LogP contribution >= 0.6 is 12.4 Å². The van der Waals surface area contributed by atoms with Gasteiger partial charge in [0.25, 0.3) is 0 Å². The Kier molecular flexibility index (Phi) is 5.25. The summed E-state index contributed by atoms with van der Waals surface area (Å²) in [5.74, 6) is 0.827. The van der Waals surface area contributed by atoms with E-state index in [1.165, 1.54) is 0 Å². The van der Waals surface area contributed by atoms with Crippen molar-refractivity contribution < 1.29 is 9.57 Å². The molecule has 21 heavy (non-hydrogen) atoms. The molecule has 0 amide bonds. The lowest BCUT2D eigenvalue weighted by molar-refractivity contribution is 0.0470. The highest BCUT2D eigenvalue weighted by Crippen LogP contribution is 2.23. The average molecular weight is 308 g/mol. The number of ether oxygens (including phenoxy) is 1. The number of rotatable bonds is 5. The highest BCUT2D eigenvalue weighted by atomic mass is 35.5. The number of hydrogen-bond donors (Lipinski definition) is 1. The molecule has 1 aliphatic rings. The summed E-state index contributed by atoms with van der Waals surface area (Å²) in [4.78, 5) is 5.28. The lowest BCUT2D eigenvalue weighted by atomic mass is 10.2. The van der Waals surface area contributed by atoms with Crippen LogP contribution in [0, 0.1) is 0 Å². The minimum Gasteiger partial charge on any atom is -0.487 e. The lowest BCUT2D eigenvalue weighted by Crippen LogP contribution is -2.21. The molecule has 5 nitrogen and oxygen atoms in total. The van der Waals surface area contributed by atoms with Gasteiger partial charge in [-0.05, 0) is 24.3 Å². The first kappa shape index (κ1) is 15.4. The number of hydrogen-bond acceptors (Lipinski definition) is 4. The van der Waals surface area contributed by atoms with Gasteiger partial charge in [0.05, 0.1) is 11.4 Å². The molecule has 3 rings (SSSR count). The van der Waals surface area contributed by atoms with Crippen molar-refractivity contribution in [3.63, 3.8) is 0 Å². The molecule has 112 valence electrons. The summed E-state index contributed by atoms with van der Waals surface area (Å²) in [5, 5.41) is 3.93. The summed E-state index contributed by atoms with van der Waals surface area (Å²) >= 11 is 0. The fourth-order valence-electron chi connectivity index (χ4n) is 2.17. The lowest BCUT2D eigenvalue weighted by Gasteiger charge is -2.14. The van der Waals surface area contributed by atoms with Gasteiger partial charge in [-0.2, -0.15) is 0 Å². The van der Waals surface area contributed by atoms with Crippen molar-refractivity contribution in [1.82, 2.24) is 4.57 Å². The maximum Gasteiger partial charge on any atom is 0.166 e. The normalized spacial score (nSPS) is 16.8. The van der Waals surface area contributed by atoms with Crippen LogP contribution in [0.25, 0.3) is 5.69 Å². The molecule has 0 spiro atoms. The molecule has 0 bridgehead atoms. The van der Waals surface area contributed by atoms with Gasteiger partial charge in [-0.25, -0.2) is 0 Å². The van der Waals surface area contributed by atoms with Crippen LogP contribution in [-0.4, -0.2) is 29.5 Å². The van der Waals surface area contributed by atoms with E-state index in [-0.39, 0.29) is 18.5 Å². The number of nitrogens with two attached hydrogens (primary N) is 1. The minimum absolute atomic E-state index is 0. The van der Waals surface area contributed by atoms with Gasteiger partial charge < -0.3 is 19.9 Å². The fraction of sp³-hybridized carbons (Fsp3) is 0.267. The third-order valence-corrected chi connectivity index (χ3v) is 3.20. The van der Waals surface area contributed by atoms with E-state index < -0.39 is 0 Å². The van der Waals surface area contributed by atoms with E-state index in [1.807, 2.05) is 53.4 Å². The fourth-order valence-corrected chi connectivity index (χ4v) is 2.17. The molecule has 0 saturated carbocycles. The average Bonchev–Trinajstić information content (AvgIpc) is 3.17. The van der Waals surface area contributed by atoms with E-state index in [4.69, 9.17) is 15.3 Å². The monoisotopic (exact) mass is 307 g/mol. The Labute approximate surface area is 129 Å². The molecule has 1 aromatic heterocycles. The minimum atomic E-state index is -0.0498. The Morgan fingerprint density at radius 2 is 2.00 bits per heavy atom. The largest absolute Gasteiger partial charge is 0.487 e. The number of halogens is 1. The second kappa shape index (κ2) is 7.15. The summed E-state index contributed by atoms with van der Waals surface area (Å²) in [6, 6.07) is 11.9. The molecular formula is C15H18ClN3O2. The molecule has 0 saturated heterocycles. The predicted molar refractivity (Wildman–Crippen MR) is 84.5 cm³/mol. The van der Waals surface area contributed by atoms with E-state index in [2.05, 4.69) is 5.16 Å². The molecule has 2 aromatic rings. The second-order valence-corrected chi connectivity index (χ2v) is 4.66. The summed E-state index contributed by atoms with van der Waals surface area (Å²) in [5.41, 5.74) is 7.43. The SMILES string of the molecule is Cl.NCC1=NOC(COc2ccccc2-n2cccc2)C1. The van der Waals surface area contributed by atoms with E-state index in [0.29, 0.717) is 13.2 Å². The van der Waals surface area contributed by atoms with Gasteiger partial charge in [-0.15, -0.1) is 12.4 Å². The van der Waals surface area contributed by atoms with Crippen molar-refractivity contribution in [2.75, 3.05) is 13.2 Å². The summed E-state index contributed by atoms with van der Waals surface area (Å²) in [7, 11) is 0. The maximum atomic E-state index is 5.88. The first-order valence-corrected chi connectivity index (χ1v) is 6.63. The number of aromatic nitrogens is 1. The highest BCUT2D eigenvalue weighted by Gasteiger charge is 2.21. The van der Waals surface area contributed by atoms with Crippen LogP contribution in [-0.2, 0) is 4.84 Å². The Bertz CT molecular complexity index is 599. The van der Waals surface area contributed by atoms with Crippen molar-refractivity contribution >= 4 is 18.1 Å². The van der Waals surface area contributed by atoms with Crippen molar-refractivity contribution in [3.05, 3.63) is 48.8 Å². The van der Waals surface area contributed by atoms with Crippen molar-refractivity contribution in [3.8, 4) is 11.4 Å². The third kappa shape index (κ3) is 3.56. The van der Waals surface area contributed by atoms with Crippen LogP contribution in [0.15, 0.2) is 53.9 Å². The first-order chi connectivity index (χ1) is 9.86. The second-order valence-electron chi connectivity index (χ2n) is 4.66. The number of para-hydroxylation sites is 2. The summed E-state index contributed by atoms with van der Waals surface area (Å²) < 4.78 is 7.90. The van der Waals surface area contributed by atoms with Crippen LogP contribution in [0.2, 0.25) is 0 Å². The third-order valence-electron chi connectivity index (χ3n) is 3.20. The molecule has 1 unspecified atom stereocenters. The predicted octanol–water partition coefficient (Wildman–Crippen LogP) is 2.38.